The predicted molar refractivity (Wildman–Crippen MR) is 68.0 cm³/mol. The Kier molecular flexibility index (Phi) is 4.04. The topological polar surface area (TPSA) is 57.6 Å². The first-order valence-corrected chi connectivity index (χ1v) is 6.77. The van der Waals surface area contributed by atoms with Crippen LogP contribution in [0.1, 0.15) is 39.0 Å². The molecule has 4 heteroatoms. The van der Waals surface area contributed by atoms with Crippen molar-refractivity contribution in [1.29, 1.82) is 0 Å². The van der Waals surface area contributed by atoms with Crippen LogP contribution in [0.5, 0.6) is 0 Å². The van der Waals surface area contributed by atoms with Crippen LogP contribution in [0.2, 0.25) is 0 Å². The molecule has 0 saturated carbocycles. The smallest absolute Gasteiger partial charge is 0.308 e. The Labute approximate surface area is 108 Å². The third-order valence-corrected chi connectivity index (χ3v) is 4.10. The van der Waals surface area contributed by atoms with E-state index < -0.39 is 5.97 Å². The third-order valence-electron chi connectivity index (χ3n) is 4.10. The van der Waals surface area contributed by atoms with Gasteiger partial charge < -0.3 is 10.0 Å². The monoisotopic (exact) mass is 251 g/mol. The number of carbonyl (C=O) groups excluding carboxylic acids is 1. The number of allylic oxidation sites excluding steroid dienone is 2. The summed E-state index contributed by atoms with van der Waals surface area (Å²) in [5.74, 6) is -0.690. The number of carboxylic acids is 1. The number of piperidine rings is 1. The molecule has 1 aliphatic heterocycles. The molecule has 2 aliphatic rings. The van der Waals surface area contributed by atoms with Crippen molar-refractivity contribution in [2.45, 2.75) is 45.1 Å². The lowest BCUT2D eigenvalue weighted by Crippen LogP contribution is -2.47. The largest absolute Gasteiger partial charge is 0.481 e. The molecular weight excluding hydrogens is 230 g/mol. The van der Waals surface area contributed by atoms with Gasteiger partial charge in [-0.25, -0.2) is 0 Å². The van der Waals surface area contributed by atoms with Crippen LogP contribution >= 0.6 is 0 Å². The average molecular weight is 251 g/mol. The number of amides is 1. The van der Waals surface area contributed by atoms with Crippen LogP contribution in [0.4, 0.5) is 0 Å². The van der Waals surface area contributed by atoms with Crippen molar-refractivity contribution < 1.29 is 14.7 Å². The lowest BCUT2D eigenvalue weighted by atomic mass is 9.92. The van der Waals surface area contributed by atoms with Crippen molar-refractivity contribution >= 4 is 11.9 Å². The molecule has 0 spiro atoms. The summed E-state index contributed by atoms with van der Waals surface area (Å²) in [4.78, 5) is 25.0. The number of rotatable bonds is 3. The van der Waals surface area contributed by atoms with Crippen molar-refractivity contribution in [1.82, 2.24) is 4.90 Å². The third kappa shape index (κ3) is 2.92. The summed E-state index contributed by atoms with van der Waals surface area (Å²) in [5, 5.41) is 9.06. The molecule has 2 rings (SSSR count). The predicted octanol–water partition coefficient (Wildman–Crippen LogP) is 2.05. The van der Waals surface area contributed by atoms with Gasteiger partial charge in [0.2, 0.25) is 5.91 Å². The Morgan fingerprint density at radius 3 is 2.72 bits per heavy atom. The highest BCUT2D eigenvalue weighted by Crippen LogP contribution is 2.26. The van der Waals surface area contributed by atoms with Gasteiger partial charge >= 0.3 is 5.97 Å². The zero-order chi connectivity index (χ0) is 13.1. The standard InChI is InChI=1S/C14H21NO3/c1-10-6-7-12(14(17)18)9-15(10)13(16)8-11-4-2-3-5-11/h2,4,10-12H,3,5-9H2,1H3,(H,17,18). The molecule has 18 heavy (non-hydrogen) atoms. The minimum absolute atomic E-state index is 0.116. The minimum atomic E-state index is -0.777. The number of hydrogen-bond acceptors (Lipinski definition) is 2. The van der Waals surface area contributed by atoms with Crippen LogP contribution in [0, 0.1) is 11.8 Å². The summed E-state index contributed by atoms with van der Waals surface area (Å²) in [6.45, 7) is 2.40. The van der Waals surface area contributed by atoms with Crippen LogP contribution in [0.15, 0.2) is 12.2 Å². The molecule has 0 bridgehead atoms. The molecule has 4 nitrogen and oxygen atoms in total. The van der Waals surface area contributed by atoms with E-state index >= 15 is 0 Å². The highest BCUT2D eigenvalue weighted by atomic mass is 16.4. The first kappa shape index (κ1) is 13.1. The number of aliphatic carboxylic acids is 1. The van der Waals surface area contributed by atoms with Crippen LogP contribution in [-0.4, -0.2) is 34.5 Å². The van der Waals surface area contributed by atoms with E-state index in [1.54, 1.807) is 4.90 Å². The zero-order valence-electron chi connectivity index (χ0n) is 10.8. The fraction of sp³-hybridized carbons (Fsp3) is 0.714. The second-order valence-electron chi connectivity index (χ2n) is 5.48. The lowest BCUT2D eigenvalue weighted by Gasteiger charge is -2.37. The number of nitrogens with zero attached hydrogens (tertiary/aromatic N) is 1. The van der Waals surface area contributed by atoms with E-state index in [2.05, 4.69) is 12.2 Å². The first-order valence-electron chi connectivity index (χ1n) is 6.77. The number of carboxylic acid groups (broad SMARTS) is 1. The summed E-state index contributed by atoms with van der Waals surface area (Å²) in [6.07, 6.45) is 8.36. The van der Waals surface area contributed by atoms with E-state index in [1.807, 2.05) is 6.92 Å². The normalized spacial score (nSPS) is 31.6. The van der Waals surface area contributed by atoms with Gasteiger partial charge in [0, 0.05) is 19.0 Å². The number of carbonyl (C=O) groups is 2. The van der Waals surface area contributed by atoms with Crippen LogP contribution in [0.25, 0.3) is 0 Å². The Hall–Kier alpha value is -1.32. The van der Waals surface area contributed by atoms with E-state index in [9.17, 15) is 9.59 Å². The quantitative estimate of drug-likeness (QED) is 0.781. The summed E-state index contributed by atoms with van der Waals surface area (Å²) in [5.41, 5.74) is 0. The van der Waals surface area contributed by atoms with Crippen molar-refractivity contribution in [2.24, 2.45) is 11.8 Å². The Morgan fingerprint density at radius 1 is 1.33 bits per heavy atom. The van der Waals surface area contributed by atoms with Crippen molar-refractivity contribution in [3.63, 3.8) is 0 Å². The Bertz CT molecular complexity index is 364. The van der Waals surface area contributed by atoms with Gasteiger partial charge in [-0.2, -0.15) is 0 Å². The van der Waals surface area contributed by atoms with Gasteiger partial charge in [-0.05, 0) is 38.5 Å². The molecule has 0 aromatic rings. The fourth-order valence-electron chi connectivity index (χ4n) is 2.86. The van der Waals surface area contributed by atoms with E-state index in [1.165, 1.54) is 0 Å². The van der Waals surface area contributed by atoms with Crippen molar-refractivity contribution in [3.05, 3.63) is 12.2 Å². The van der Waals surface area contributed by atoms with Gasteiger partial charge in [0.15, 0.2) is 0 Å². The van der Waals surface area contributed by atoms with Gasteiger partial charge in [-0.15, -0.1) is 0 Å². The molecule has 0 aromatic carbocycles. The van der Waals surface area contributed by atoms with Crippen LogP contribution < -0.4 is 0 Å². The molecule has 0 aromatic heterocycles. The molecule has 0 radical (unpaired) electrons. The van der Waals surface area contributed by atoms with Gasteiger partial charge in [-0.1, -0.05) is 12.2 Å². The van der Waals surface area contributed by atoms with Gasteiger partial charge in [0.1, 0.15) is 0 Å². The Balaban J connectivity index is 1.94. The van der Waals surface area contributed by atoms with Crippen LogP contribution in [0.3, 0.4) is 0 Å². The molecule has 1 saturated heterocycles. The van der Waals surface area contributed by atoms with Gasteiger partial charge in [0.05, 0.1) is 5.92 Å². The minimum Gasteiger partial charge on any atom is -0.481 e. The molecule has 1 fully saturated rings. The maximum Gasteiger partial charge on any atom is 0.308 e. The maximum absolute atomic E-state index is 12.2. The van der Waals surface area contributed by atoms with E-state index in [-0.39, 0.29) is 17.9 Å². The molecule has 1 heterocycles. The van der Waals surface area contributed by atoms with E-state index in [0.29, 0.717) is 25.3 Å². The summed E-state index contributed by atoms with van der Waals surface area (Å²) < 4.78 is 0. The number of hydrogen-bond donors (Lipinski definition) is 1. The maximum atomic E-state index is 12.2. The molecule has 1 N–H and O–H groups in total. The zero-order valence-corrected chi connectivity index (χ0v) is 10.8. The second kappa shape index (κ2) is 5.55. The van der Waals surface area contributed by atoms with E-state index in [0.717, 1.165) is 19.3 Å². The summed E-state index contributed by atoms with van der Waals surface area (Å²) in [6, 6.07) is 0.179. The molecule has 3 unspecified atom stereocenters. The van der Waals surface area contributed by atoms with Crippen molar-refractivity contribution in [2.75, 3.05) is 6.54 Å². The molecule has 100 valence electrons. The number of likely N-dealkylation sites (tertiary alicyclic amines) is 1. The van der Waals surface area contributed by atoms with Gasteiger partial charge in [0.25, 0.3) is 0 Å². The lowest BCUT2D eigenvalue weighted by molar-refractivity contribution is -0.147. The summed E-state index contributed by atoms with van der Waals surface area (Å²) in [7, 11) is 0. The highest BCUT2D eigenvalue weighted by Gasteiger charge is 2.33. The Morgan fingerprint density at radius 2 is 2.11 bits per heavy atom. The molecular formula is C14H21NO3. The molecule has 3 atom stereocenters. The van der Waals surface area contributed by atoms with E-state index in [4.69, 9.17) is 5.11 Å². The van der Waals surface area contributed by atoms with Crippen molar-refractivity contribution in [3.8, 4) is 0 Å². The fourth-order valence-corrected chi connectivity index (χ4v) is 2.86. The second-order valence-corrected chi connectivity index (χ2v) is 5.48. The molecule has 1 amide bonds. The summed E-state index contributed by atoms with van der Waals surface area (Å²) >= 11 is 0. The molecule has 1 aliphatic carbocycles. The average Bonchev–Trinajstić information content (AvgIpc) is 2.81. The first-order chi connectivity index (χ1) is 8.58. The SMILES string of the molecule is CC1CCC(C(=O)O)CN1C(=O)CC1C=CCC1. The van der Waals surface area contributed by atoms with Gasteiger partial charge in [-0.3, -0.25) is 9.59 Å². The highest BCUT2D eigenvalue weighted by molar-refractivity contribution is 5.78. The van der Waals surface area contributed by atoms with Crippen LogP contribution in [-0.2, 0) is 9.59 Å².